The number of rotatable bonds is 1. The number of imide groups is 1. The maximum Gasteiger partial charge on any atom is 0.416 e. The molecule has 0 atom stereocenters. The highest BCUT2D eigenvalue weighted by Crippen LogP contribution is 2.11. The van der Waals surface area contributed by atoms with Crippen molar-refractivity contribution in [3.8, 4) is 0 Å². The summed E-state index contributed by atoms with van der Waals surface area (Å²) in [7, 11) is 0. The molecule has 5 heteroatoms. The minimum Gasteiger partial charge on any atom is -0.447 e. The minimum atomic E-state index is -0.649. The van der Waals surface area contributed by atoms with Crippen molar-refractivity contribution >= 4 is 12.0 Å². The summed E-state index contributed by atoms with van der Waals surface area (Å²) in [6, 6.07) is 5.02. The molecule has 0 aromatic heterocycles. The van der Waals surface area contributed by atoms with Crippen LogP contribution < -0.4 is 0 Å². The van der Waals surface area contributed by atoms with Crippen LogP contribution in [0, 0.1) is 5.82 Å². The Morgan fingerprint density at radius 3 is 2.53 bits per heavy atom. The van der Waals surface area contributed by atoms with Crippen LogP contribution >= 0.6 is 0 Å². The van der Waals surface area contributed by atoms with Crippen molar-refractivity contribution in [2.24, 2.45) is 0 Å². The molecule has 0 bridgehead atoms. The lowest BCUT2D eigenvalue weighted by molar-refractivity contribution is 0.0810. The van der Waals surface area contributed by atoms with Crippen molar-refractivity contribution in [1.82, 2.24) is 4.90 Å². The van der Waals surface area contributed by atoms with Crippen LogP contribution in [0.1, 0.15) is 10.4 Å². The Labute approximate surface area is 85.2 Å². The summed E-state index contributed by atoms with van der Waals surface area (Å²) >= 11 is 0. The second-order valence-electron chi connectivity index (χ2n) is 3.08. The molecule has 1 heterocycles. The van der Waals surface area contributed by atoms with Crippen LogP contribution in [0.5, 0.6) is 0 Å². The Kier molecular flexibility index (Phi) is 2.37. The monoisotopic (exact) mass is 209 g/mol. The van der Waals surface area contributed by atoms with Gasteiger partial charge in [-0.15, -0.1) is 0 Å². The Hall–Kier alpha value is -1.91. The second kappa shape index (κ2) is 3.68. The summed E-state index contributed by atoms with van der Waals surface area (Å²) in [6.45, 7) is 0.459. The van der Waals surface area contributed by atoms with Gasteiger partial charge in [-0.3, -0.25) is 4.79 Å². The quantitative estimate of drug-likeness (QED) is 0.702. The lowest BCUT2D eigenvalue weighted by Gasteiger charge is -2.09. The van der Waals surface area contributed by atoms with Gasteiger partial charge in [-0.05, 0) is 24.3 Å². The van der Waals surface area contributed by atoms with Crippen LogP contribution in [0.15, 0.2) is 24.3 Å². The molecule has 78 valence electrons. The number of amides is 2. The molecule has 1 aromatic carbocycles. The van der Waals surface area contributed by atoms with E-state index in [1.807, 2.05) is 0 Å². The van der Waals surface area contributed by atoms with Gasteiger partial charge in [0.2, 0.25) is 0 Å². The minimum absolute atomic E-state index is 0.214. The fraction of sp³-hybridized carbons (Fsp3) is 0.200. The fourth-order valence-electron chi connectivity index (χ4n) is 1.33. The molecule has 2 amide bonds. The van der Waals surface area contributed by atoms with Gasteiger partial charge in [-0.25, -0.2) is 14.1 Å². The van der Waals surface area contributed by atoms with Crippen molar-refractivity contribution in [2.75, 3.05) is 13.2 Å². The molecule has 0 spiro atoms. The highest BCUT2D eigenvalue weighted by atomic mass is 19.1. The SMILES string of the molecule is O=C1OCCN1C(=O)c1ccc(F)cc1. The first kappa shape index (κ1) is 9.64. The molecule has 0 radical (unpaired) electrons. The van der Waals surface area contributed by atoms with Crippen LogP contribution in [0.3, 0.4) is 0 Å². The highest BCUT2D eigenvalue weighted by Gasteiger charge is 2.28. The second-order valence-corrected chi connectivity index (χ2v) is 3.08. The first-order valence-corrected chi connectivity index (χ1v) is 4.42. The van der Waals surface area contributed by atoms with Gasteiger partial charge in [0, 0.05) is 5.56 Å². The van der Waals surface area contributed by atoms with E-state index in [0.29, 0.717) is 0 Å². The van der Waals surface area contributed by atoms with E-state index >= 15 is 0 Å². The van der Waals surface area contributed by atoms with Crippen LogP contribution in [0.4, 0.5) is 9.18 Å². The van der Waals surface area contributed by atoms with E-state index in [0.717, 1.165) is 4.90 Å². The van der Waals surface area contributed by atoms with Crippen molar-refractivity contribution in [3.05, 3.63) is 35.6 Å². The predicted octanol–water partition coefficient (Wildman–Crippen LogP) is 1.42. The molecule has 2 rings (SSSR count). The molecule has 0 saturated carbocycles. The van der Waals surface area contributed by atoms with Crippen molar-refractivity contribution < 1.29 is 18.7 Å². The van der Waals surface area contributed by atoms with E-state index in [1.54, 1.807) is 0 Å². The van der Waals surface area contributed by atoms with Crippen molar-refractivity contribution in [1.29, 1.82) is 0 Å². The zero-order valence-corrected chi connectivity index (χ0v) is 7.77. The van der Waals surface area contributed by atoms with Gasteiger partial charge in [0.25, 0.3) is 5.91 Å². The van der Waals surface area contributed by atoms with Gasteiger partial charge in [-0.2, -0.15) is 0 Å². The average Bonchev–Trinajstić information content (AvgIpc) is 2.65. The summed E-state index contributed by atoms with van der Waals surface area (Å²) in [6.07, 6.45) is -0.649. The Morgan fingerprint density at radius 2 is 2.00 bits per heavy atom. The Morgan fingerprint density at radius 1 is 1.33 bits per heavy atom. The molecule has 0 unspecified atom stereocenters. The van der Waals surface area contributed by atoms with Crippen molar-refractivity contribution in [2.45, 2.75) is 0 Å². The normalized spacial score (nSPS) is 15.3. The summed E-state index contributed by atoms with van der Waals surface area (Å²) < 4.78 is 17.2. The molecule has 0 N–H and O–H groups in total. The number of nitrogens with zero attached hydrogens (tertiary/aromatic N) is 1. The molecule has 0 aliphatic carbocycles. The lowest BCUT2D eigenvalue weighted by Crippen LogP contribution is -2.31. The summed E-state index contributed by atoms with van der Waals surface area (Å²) in [5.74, 6) is -0.881. The number of hydrogen-bond acceptors (Lipinski definition) is 3. The average molecular weight is 209 g/mol. The highest BCUT2D eigenvalue weighted by molar-refractivity contribution is 6.03. The molecule has 15 heavy (non-hydrogen) atoms. The predicted molar refractivity (Wildman–Crippen MR) is 48.8 cm³/mol. The van der Waals surface area contributed by atoms with Gasteiger partial charge >= 0.3 is 6.09 Å². The first-order valence-electron chi connectivity index (χ1n) is 4.42. The number of halogens is 1. The third-order valence-electron chi connectivity index (χ3n) is 2.10. The van der Waals surface area contributed by atoms with Gasteiger partial charge in [-0.1, -0.05) is 0 Å². The molecule has 1 aliphatic rings. The Balaban J connectivity index is 2.20. The molecular weight excluding hydrogens is 201 g/mol. The zero-order chi connectivity index (χ0) is 10.8. The molecule has 1 fully saturated rings. The van der Waals surface area contributed by atoms with E-state index in [2.05, 4.69) is 4.74 Å². The van der Waals surface area contributed by atoms with Crippen LogP contribution in [-0.4, -0.2) is 30.1 Å². The fourth-order valence-corrected chi connectivity index (χ4v) is 1.33. The summed E-state index contributed by atoms with van der Waals surface area (Å²) in [4.78, 5) is 23.7. The summed E-state index contributed by atoms with van der Waals surface area (Å²) in [5, 5.41) is 0. The largest absolute Gasteiger partial charge is 0.447 e. The standard InChI is InChI=1S/C10H8FNO3/c11-8-3-1-7(2-4-8)9(13)12-5-6-15-10(12)14/h1-4H,5-6H2. The maximum atomic E-state index is 12.6. The lowest BCUT2D eigenvalue weighted by atomic mass is 10.2. The number of carbonyl (C=O) groups excluding carboxylic acids is 2. The maximum absolute atomic E-state index is 12.6. The topological polar surface area (TPSA) is 46.6 Å². The van der Waals surface area contributed by atoms with Gasteiger partial charge in [0.15, 0.2) is 0 Å². The van der Waals surface area contributed by atoms with Crippen LogP contribution in [-0.2, 0) is 4.74 Å². The zero-order valence-electron chi connectivity index (χ0n) is 7.77. The number of cyclic esters (lactones) is 1. The van der Waals surface area contributed by atoms with E-state index in [9.17, 15) is 14.0 Å². The molecule has 4 nitrogen and oxygen atoms in total. The smallest absolute Gasteiger partial charge is 0.416 e. The third kappa shape index (κ3) is 1.81. The van der Waals surface area contributed by atoms with Crippen molar-refractivity contribution in [3.63, 3.8) is 0 Å². The molecule has 1 saturated heterocycles. The Bertz CT molecular complexity index is 402. The molecule has 1 aliphatic heterocycles. The number of benzene rings is 1. The number of ether oxygens (including phenoxy) is 1. The van der Waals surface area contributed by atoms with Gasteiger partial charge in [0.05, 0.1) is 6.54 Å². The number of carbonyl (C=O) groups is 2. The van der Waals surface area contributed by atoms with E-state index in [4.69, 9.17) is 0 Å². The number of hydrogen-bond donors (Lipinski definition) is 0. The van der Waals surface area contributed by atoms with E-state index < -0.39 is 17.8 Å². The summed E-state index contributed by atoms with van der Waals surface area (Å²) in [5.41, 5.74) is 0.273. The van der Waals surface area contributed by atoms with Crippen LogP contribution in [0.2, 0.25) is 0 Å². The van der Waals surface area contributed by atoms with E-state index in [-0.39, 0.29) is 18.7 Å². The first-order chi connectivity index (χ1) is 7.18. The molecular formula is C10H8FNO3. The van der Waals surface area contributed by atoms with E-state index in [1.165, 1.54) is 24.3 Å². The van der Waals surface area contributed by atoms with Crippen LogP contribution in [0.25, 0.3) is 0 Å². The molecule has 1 aromatic rings. The van der Waals surface area contributed by atoms with Gasteiger partial charge in [0.1, 0.15) is 12.4 Å². The van der Waals surface area contributed by atoms with Gasteiger partial charge < -0.3 is 4.74 Å². The third-order valence-corrected chi connectivity index (χ3v) is 2.10.